The fourth-order valence-electron chi connectivity index (χ4n) is 0.422. The highest BCUT2D eigenvalue weighted by molar-refractivity contribution is 6.01. The second kappa shape index (κ2) is 1.86. The van der Waals surface area contributed by atoms with Crippen LogP contribution in [0, 0.1) is 0 Å². The zero-order chi connectivity index (χ0) is 5.98. The first-order valence-electron chi connectivity index (χ1n) is 2.19. The topological polar surface area (TPSA) is 29.4 Å². The van der Waals surface area contributed by atoms with Gasteiger partial charge in [0.2, 0.25) is 5.78 Å². The highest BCUT2D eigenvalue weighted by Gasteiger charge is 2.08. The molecule has 0 aromatic rings. The SMILES string of the molecule is O=C1CN=CC=C1F. The van der Waals surface area contributed by atoms with Crippen LogP contribution in [-0.2, 0) is 4.79 Å². The van der Waals surface area contributed by atoms with Gasteiger partial charge in [0.25, 0.3) is 0 Å². The summed E-state index contributed by atoms with van der Waals surface area (Å²) in [4.78, 5) is 13.8. The molecule has 1 rings (SSSR count). The Hall–Kier alpha value is -0.990. The van der Waals surface area contributed by atoms with Gasteiger partial charge in [-0.05, 0) is 6.08 Å². The van der Waals surface area contributed by atoms with Crippen LogP contribution in [0.2, 0.25) is 0 Å². The van der Waals surface area contributed by atoms with Crippen LogP contribution in [0.1, 0.15) is 0 Å². The molecule has 1 aliphatic rings. The minimum atomic E-state index is -0.694. The normalized spacial score (nSPS) is 18.6. The molecule has 0 atom stereocenters. The molecule has 0 unspecified atom stereocenters. The third-order valence-corrected chi connectivity index (χ3v) is 0.828. The van der Waals surface area contributed by atoms with E-state index in [9.17, 15) is 9.18 Å². The zero-order valence-electron chi connectivity index (χ0n) is 4.10. The number of hydrogen-bond acceptors (Lipinski definition) is 2. The largest absolute Gasteiger partial charge is 0.289 e. The standard InChI is InChI=1S/C5H4FNO/c6-4-1-2-7-3-5(4)8/h1-2H,3H2. The number of carbonyl (C=O) groups excluding carboxylic acids is 1. The van der Waals surface area contributed by atoms with Gasteiger partial charge in [-0.1, -0.05) is 0 Å². The van der Waals surface area contributed by atoms with Crippen molar-refractivity contribution in [2.24, 2.45) is 4.99 Å². The molecule has 1 heterocycles. The Morgan fingerprint density at radius 2 is 2.50 bits per heavy atom. The fourth-order valence-corrected chi connectivity index (χ4v) is 0.422. The number of nitrogens with zero attached hydrogens (tertiary/aromatic N) is 1. The second-order valence-electron chi connectivity index (χ2n) is 1.43. The van der Waals surface area contributed by atoms with E-state index in [1.54, 1.807) is 0 Å². The van der Waals surface area contributed by atoms with E-state index in [0.717, 1.165) is 6.08 Å². The minimum absolute atomic E-state index is 0.0394. The Bertz CT molecular complexity index is 171. The van der Waals surface area contributed by atoms with Crippen LogP contribution in [0.4, 0.5) is 4.39 Å². The Morgan fingerprint density at radius 3 is 2.88 bits per heavy atom. The first-order chi connectivity index (χ1) is 3.80. The lowest BCUT2D eigenvalue weighted by molar-refractivity contribution is -0.115. The maximum Gasteiger partial charge on any atom is 0.212 e. The fraction of sp³-hybridized carbons (Fsp3) is 0.200. The lowest BCUT2D eigenvalue weighted by atomic mass is 10.3. The molecule has 0 radical (unpaired) electrons. The van der Waals surface area contributed by atoms with Crippen molar-refractivity contribution < 1.29 is 9.18 Å². The van der Waals surface area contributed by atoms with Crippen LogP contribution in [0.5, 0.6) is 0 Å². The molecule has 0 N–H and O–H groups in total. The van der Waals surface area contributed by atoms with Crippen LogP contribution in [-0.4, -0.2) is 18.5 Å². The first-order valence-corrected chi connectivity index (χ1v) is 2.19. The monoisotopic (exact) mass is 113 g/mol. The van der Waals surface area contributed by atoms with E-state index in [1.165, 1.54) is 6.21 Å². The number of allylic oxidation sites excluding steroid dienone is 1. The molecule has 42 valence electrons. The van der Waals surface area contributed by atoms with Gasteiger partial charge in [-0.2, -0.15) is 0 Å². The maximum atomic E-state index is 12.0. The maximum absolute atomic E-state index is 12.0. The van der Waals surface area contributed by atoms with E-state index in [-0.39, 0.29) is 6.54 Å². The Balaban J connectivity index is 2.80. The molecule has 0 bridgehead atoms. The van der Waals surface area contributed by atoms with Crippen molar-refractivity contribution >= 4 is 12.0 Å². The number of hydrogen-bond donors (Lipinski definition) is 0. The molecular weight excluding hydrogens is 109 g/mol. The molecule has 0 spiro atoms. The van der Waals surface area contributed by atoms with Crippen molar-refractivity contribution in [3.63, 3.8) is 0 Å². The lowest BCUT2D eigenvalue weighted by Crippen LogP contribution is -2.06. The molecule has 0 saturated carbocycles. The van der Waals surface area contributed by atoms with Crippen molar-refractivity contribution in [1.82, 2.24) is 0 Å². The molecule has 0 saturated heterocycles. The number of aliphatic imine (C=N–C) groups is 1. The van der Waals surface area contributed by atoms with E-state index >= 15 is 0 Å². The minimum Gasteiger partial charge on any atom is -0.289 e. The molecule has 8 heavy (non-hydrogen) atoms. The van der Waals surface area contributed by atoms with Crippen LogP contribution < -0.4 is 0 Å². The van der Waals surface area contributed by atoms with E-state index < -0.39 is 11.6 Å². The highest BCUT2D eigenvalue weighted by atomic mass is 19.1. The summed E-state index contributed by atoms with van der Waals surface area (Å²) in [6, 6.07) is 0. The molecular formula is C5H4FNO. The zero-order valence-corrected chi connectivity index (χ0v) is 4.10. The van der Waals surface area contributed by atoms with Gasteiger partial charge in [0, 0.05) is 6.21 Å². The third kappa shape index (κ3) is 0.804. The van der Waals surface area contributed by atoms with Gasteiger partial charge >= 0.3 is 0 Å². The summed E-state index contributed by atoms with van der Waals surface area (Å²) >= 11 is 0. The second-order valence-corrected chi connectivity index (χ2v) is 1.43. The summed E-state index contributed by atoms with van der Waals surface area (Å²) in [6.07, 6.45) is 2.35. The molecule has 0 aliphatic carbocycles. The summed E-state index contributed by atoms with van der Waals surface area (Å²) in [5, 5.41) is 0. The van der Waals surface area contributed by atoms with E-state index in [2.05, 4.69) is 4.99 Å². The van der Waals surface area contributed by atoms with Gasteiger partial charge in [-0.15, -0.1) is 0 Å². The lowest BCUT2D eigenvalue weighted by Gasteiger charge is -1.94. The average Bonchev–Trinajstić information content (AvgIpc) is 1.77. The van der Waals surface area contributed by atoms with Gasteiger partial charge in [-0.3, -0.25) is 9.79 Å². The molecule has 1 aliphatic heterocycles. The van der Waals surface area contributed by atoms with E-state index in [1.807, 2.05) is 0 Å². The van der Waals surface area contributed by atoms with Crippen molar-refractivity contribution in [3.8, 4) is 0 Å². The number of halogens is 1. The van der Waals surface area contributed by atoms with Gasteiger partial charge < -0.3 is 0 Å². The third-order valence-electron chi connectivity index (χ3n) is 0.828. The number of dihydropyridines is 1. The van der Waals surface area contributed by atoms with Crippen molar-refractivity contribution in [1.29, 1.82) is 0 Å². The van der Waals surface area contributed by atoms with Gasteiger partial charge in [0.05, 0.1) is 0 Å². The smallest absolute Gasteiger partial charge is 0.212 e. The molecule has 0 amide bonds. The molecule has 0 fully saturated rings. The van der Waals surface area contributed by atoms with Gasteiger partial charge in [0.1, 0.15) is 6.54 Å². The highest BCUT2D eigenvalue weighted by Crippen LogP contribution is 2.00. The quantitative estimate of drug-likeness (QED) is 0.449. The van der Waals surface area contributed by atoms with Crippen LogP contribution in [0.15, 0.2) is 16.9 Å². The van der Waals surface area contributed by atoms with Crippen molar-refractivity contribution in [3.05, 3.63) is 11.9 Å². The van der Waals surface area contributed by atoms with Gasteiger partial charge in [-0.25, -0.2) is 4.39 Å². The Labute approximate surface area is 45.7 Å². The first kappa shape index (κ1) is 5.15. The van der Waals surface area contributed by atoms with Crippen LogP contribution >= 0.6 is 0 Å². The van der Waals surface area contributed by atoms with Crippen LogP contribution in [0.25, 0.3) is 0 Å². The number of rotatable bonds is 0. The average molecular weight is 113 g/mol. The van der Waals surface area contributed by atoms with E-state index in [4.69, 9.17) is 0 Å². The molecule has 2 nitrogen and oxygen atoms in total. The van der Waals surface area contributed by atoms with Crippen molar-refractivity contribution in [2.75, 3.05) is 6.54 Å². The predicted molar refractivity (Wildman–Crippen MR) is 27.6 cm³/mol. The Kier molecular flexibility index (Phi) is 1.20. The summed E-state index contributed by atoms with van der Waals surface area (Å²) in [5.41, 5.74) is 0. The van der Waals surface area contributed by atoms with Crippen LogP contribution in [0.3, 0.4) is 0 Å². The number of ketones is 1. The molecule has 0 aromatic carbocycles. The summed E-state index contributed by atoms with van der Waals surface area (Å²) in [5.74, 6) is -1.23. The summed E-state index contributed by atoms with van der Waals surface area (Å²) in [7, 11) is 0. The van der Waals surface area contributed by atoms with E-state index in [0.29, 0.717) is 0 Å². The number of Topliss-reactive ketones (excluding diaryl/α,β-unsaturated/α-hetero) is 1. The van der Waals surface area contributed by atoms with Gasteiger partial charge in [0.15, 0.2) is 5.83 Å². The number of carbonyl (C=O) groups is 1. The predicted octanol–water partition coefficient (Wildman–Crippen LogP) is 0.493. The molecule has 3 heteroatoms. The summed E-state index contributed by atoms with van der Waals surface area (Å²) < 4.78 is 12.0. The Morgan fingerprint density at radius 1 is 1.75 bits per heavy atom. The van der Waals surface area contributed by atoms with Crippen molar-refractivity contribution in [2.45, 2.75) is 0 Å². The summed E-state index contributed by atoms with van der Waals surface area (Å²) in [6.45, 7) is -0.0394. The molecule has 0 aromatic heterocycles.